The molecule has 4 rings (SSSR count). The van der Waals surface area contributed by atoms with Gasteiger partial charge in [-0.05, 0) is 42.7 Å². The molecule has 0 spiro atoms. The number of aromatic nitrogens is 1. The molecule has 1 aliphatic heterocycles. The van der Waals surface area contributed by atoms with Crippen molar-refractivity contribution in [2.45, 2.75) is 25.4 Å². The van der Waals surface area contributed by atoms with Crippen LogP contribution in [0.5, 0.6) is 5.75 Å². The molecule has 0 bridgehead atoms. The van der Waals surface area contributed by atoms with Gasteiger partial charge in [-0.2, -0.15) is 0 Å². The van der Waals surface area contributed by atoms with E-state index in [0.29, 0.717) is 24.5 Å². The van der Waals surface area contributed by atoms with Crippen molar-refractivity contribution >= 4 is 11.8 Å². The van der Waals surface area contributed by atoms with Gasteiger partial charge in [-0.25, -0.2) is 4.39 Å². The van der Waals surface area contributed by atoms with Crippen LogP contribution in [-0.2, 0) is 11.3 Å². The highest BCUT2D eigenvalue weighted by Crippen LogP contribution is 2.26. The zero-order valence-electron chi connectivity index (χ0n) is 17.0. The summed E-state index contributed by atoms with van der Waals surface area (Å²) in [5, 5.41) is 6.74. The number of benzene rings is 2. The molecule has 160 valence electrons. The monoisotopic (exact) mass is 423 g/mol. The normalized spacial score (nSPS) is 15.7. The van der Waals surface area contributed by atoms with Gasteiger partial charge in [-0.3, -0.25) is 9.59 Å². The van der Waals surface area contributed by atoms with E-state index in [1.54, 1.807) is 31.4 Å². The minimum Gasteiger partial charge on any atom is -0.497 e. The maximum absolute atomic E-state index is 13.0. The predicted molar refractivity (Wildman–Crippen MR) is 111 cm³/mol. The molecule has 1 fully saturated rings. The minimum absolute atomic E-state index is 0.149. The second-order valence-electron chi connectivity index (χ2n) is 7.31. The Labute approximate surface area is 178 Å². The number of likely N-dealkylation sites (tertiary alicyclic amines) is 1. The molecule has 7 nitrogen and oxygen atoms in total. The van der Waals surface area contributed by atoms with Crippen LogP contribution in [-0.4, -0.2) is 41.6 Å². The Morgan fingerprint density at radius 2 is 2.03 bits per heavy atom. The molecule has 0 saturated carbocycles. The summed E-state index contributed by atoms with van der Waals surface area (Å²) in [5.41, 5.74) is 1.67. The van der Waals surface area contributed by atoms with Crippen molar-refractivity contribution in [2.24, 2.45) is 0 Å². The van der Waals surface area contributed by atoms with Crippen molar-refractivity contribution in [1.82, 2.24) is 15.4 Å². The topological polar surface area (TPSA) is 84.7 Å². The van der Waals surface area contributed by atoms with Gasteiger partial charge in [0.15, 0.2) is 11.5 Å². The first-order valence-electron chi connectivity index (χ1n) is 9.99. The number of amides is 2. The summed E-state index contributed by atoms with van der Waals surface area (Å²) in [6.45, 7) is 0.733. The number of rotatable bonds is 6. The number of carbonyl (C=O) groups excluding carboxylic acids is 2. The van der Waals surface area contributed by atoms with Gasteiger partial charge < -0.3 is 19.5 Å². The first-order chi connectivity index (χ1) is 15.0. The zero-order valence-corrected chi connectivity index (χ0v) is 17.0. The van der Waals surface area contributed by atoms with Crippen molar-refractivity contribution in [1.29, 1.82) is 0 Å². The summed E-state index contributed by atoms with van der Waals surface area (Å²) in [6.07, 6.45) is 1.29. The highest BCUT2D eigenvalue weighted by atomic mass is 19.1. The van der Waals surface area contributed by atoms with Crippen LogP contribution < -0.4 is 10.1 Å². The molecule has 1 N–H and O–H groups in total. The molecular formula is C23H22FN3O4. The van der Waals surface area contributed by atoms with Gasteiger partial charge in [-0.15, -0.1) is 0 Å². The van der Waals surface area contributed by atoms with Gasteiger partial charge in [0.1, 0.15) is 17.6 Å². The molecule has 2 heterocycles. The molecule has 1 aliphatic rings. The van der Waals surface area contributed by atoms with Gasteiger partial charge in [0.2, 0.25) is 5.91 Å². The Bertz CT molecular complexity index is 1080. The second-order valence-corrected chi connectivity index (χ2v) is 7.31. The van der Waals surface area contributed by atoms with Crippen LogP contribution in [0.25, 0.3) is 11.3 Å². The quantitative estimate of drug-likeness (QED) is 0.657. The number of carbonyl (C=O) groups is 2. The molecule has 2 aromatic carbocycles. The highest BCUT2D eigenvalue weighted by molar-refractivity contribution is 5.97. The Morgan fingerprint density at radius 1 is 1.23 bits per heavy atom. The molecule has 0 radical (unpaired) electrons. The van der Waals surface area contributed by atoms with Crippen molar-refractivity contribution < 1.29 is 23.2 Å². The van der Waals surface area contributed by atoms with E-state index in [4.69, 9.17) is 9.26 Å². The number of halogens is 1. The number of ether oxygens (including phenoxy) is 1. The molecule has 1 unspecified atom stereocenters. The molecule has 3 aromatic rings. The highest BCUT2D eigenvalue weighted by Gasteiger charge is 2.35. The van der Waals surface area contributed by atoms with Gasteiger partial charge in [0, 0.05) is 24.7 Å². The Balaban J connectivity index is 1.43. The van der Waals surface area contributed by atoms with E-state index < -0.39 is 6.04 Å². The number of hydrogen-bond acceptors (Lipinski definition) is 5. The van der Waals surface area contributed by atoms with E-state index in [2.05, 4.69) is 10.5 Å². The lowest BCUT2D eigenvalue weighted by atomic mass is 10.1. The zero-order chi connectivity index (χ0) is 21.8. The lowest BCUT2D eigenvalue weighted by Crippen LogP contribution is -2.45. The summed E-state index contributed by atoms with van der Waals surface area (Å²) in [5.74, 6) is 0.186. The molecule has 1 atom stereocenters. The molecule has 8 heteroatoms. The summed E-state index contributed by atoms with van der Waals surface area (Å²) in [6, 6.07) is 14.2. The maximum atomic E-state index is 13.0. The van der Waals surface area contributed by atoms with Crippen LogP contribution >= 0.6 is 0 Å². The van der Waals surface area contributed by atoms with Crippen molar-refractivity contribution in [2.75, 3.05) is 13.7 Å². The molecule has 0 aliphatic carbocycles. The summed E-state index contributed by atoms with van der Waals surface area (Å²) < 4.78 is 23.6. The third-order valence-corrected chi connectivity index (χ3v) is 5.28. The molecule has 1 saturated heterocycles. The number of hydrogen-bond donors (Lipinski definition) is 1. The molecule has 31 heavy (non-hydrogen) atoms. The Morgan fingerprint density at radius 3 is 2.81 bits per heavy atom. The van der Waals surface area contributed by atoms with E-state index in [1.807, 2.05) is 18.2 Å². The van der Waals surface area contributed by atoms with Crippen LogP contribution in [0.3, 0.4) is 0 Å². The van der Waals surface area contributed by atoms with Crippen LogP contribution in [0.15, 0.2) is 59.1 Å². The third-order valence-electron chi connectivity index (χ3n) is 5.28. The van der Waals surface area contributed by atoms with Crippen molar-refractivity contribution in [3.05, 3.63) is 71.7 Å². The van der Waals surface area contributed by atoms with E-state index in [0.717, 1.165) is 17.5 Å². The molecule has 2 amide bonds. The first kappa shape index (κ1) is 20.6. The van der Waals surface area contributed by atoms with E-state index in [1.165, 1.54) is 17.0 Å². The fraction of sp³-hybridized carbons (Fsp3) is 0.261. The maximum Gasteiger partial charge on any atom is 0.276 e. The second kappa shape index (κ2) is 8.99. The Hall–Kier alpha value is -3.68. The fourth-order valence-corrected chi connectivity index (χ4v) is 3.63. The van der Waals surface area contributed by atoms with Crippen LogP contribution in [0.2, 0.25) is 0 Å². The summed E-state index contributed by atoms with van der Waals surface area (Å²) >= 11 is 0. The average molecular weight is 423 g/mol. The number of nitrogens with one attached hydrogen (secondary N) is 1. The summed E-state index contributed by atoms with van der Waals surface area (Å²) in [4.78, 5) is 27.2. The van der Waals surface area contributed by atoms with Crippen molar-refractivity contribution in [3.63, 3.8) is 0 Å². The van der Waals surface area contributed by atoms with Crippen LogP contribution in [0, 0.1) is 5.82 Å². The number of methoxy groups -OCH3 is 1. The van der Waals surface area contributed by atoms with E-state index in [9.17, 15) is 14.0 Å². The van der Waals surface area contributed by atoms with Gasteiger partial charge in [-0.1, -0.05) is 29.4 Å². The van der Waals surface area contributed by atoms with Crippen LogP contribution in [0.4, 0.5) is 4.39 Å². The average Bonchev–Trinajstić information content (AvgIpc) is 3.48. The van der Waals surface area contributed by atoms with E-state index >= 15 is 0 Å². The lowest BCUT2D eigenvalue weighted by Gasteiger charge is -2.23. The number of nitrogens with zero attached hydrogens (tertiary/aromatic N) is 2. The lowest BCUT2D eigenvalue weighted by molar-refractivity contribution is -0.125. The van der Waals surface area contributed by atoms with E-state index in [-0.39, 0.29) is 29.9 Å². The minimum atomic E-state index is -0.579. The Kier molecular flexibility index (Phi) is 5.97. The predicted octanol–water partition coefficient (Wildman–Crippen LogP) is 3.41. The van der Waals surface area contributed by atoms with Gasteiger partial charge in [0.05, 0.1) is 7.11 Å². The van der Waals surface area contributed by atoms with Gasteiger partial charge in [0.25, 0.3) is 5.91 Å². The van der Waals surface area contributed by atoms with Gasteiger partial charge >= 0.3 is 0 Å². The smallest absolute Gasteiger partial charge is 0.276 e. The largest absolute Gasteiger partial charge is 0.497 e. The van der Waals surface area contributed by atoms with Crippen molar-refractivity contribution in [3.8, 4) is 17.1 Å². The summed E-state index contributed by atoms with van der Waals surface area (Å²) in [7, 11) is 1.57. The SMILES string of the molecule is COc1cccc(-c2cc(C(=O)N3CCCC3C(=O)NCc3ccc(F)cc3)no2)c1. The third kappa shape index (κ3) is 4.58. The fourth-order valence-electron chi connectivity index (χ4n) is 3.63. The first-order valence-corrected chi connectivity index (χ1v) is 9.99. The van der Waals surface area contributed by atoms with Crippen LogP contribution in [0.1, 0.15) is 28.9 Å². The molecule has 1 aromatic heterocycles. The molecular weight excluding hydrogens is 401 g/mol. The standard InChI is InChI=1S/C23H22FN3O4/c1-30-18-5-2-4-16(12-18)21-13-19(26-31-21)23(29)27-11-3-6-20(27)22(28)25-14-15-7-9-17(24)10-8-15/h2,4-5,7-10,12-13,20H,3,6,11,14H2,1H3,(H,25,28).